The molecule has 13 heteroatoms. The minimum Gasteiger partial charge on any atom is -0.444 e. The van der Waals surface area contributed by atoms with E-state index in [0.717, 1.165) is 6.42 Å². The number of oxazole rings is 1. The van der Waals surface area contributed by atoms with Crippen LogP contribution in [0.1, 0.15) is 55.7 Å². The summed E-state index contributed by atoms with van der Waals surface area (Å²) in [6.45, 7) is 6.34. The van der Waals surface area contributed by atoms with Crippen molar-refractivity contribution >= 4 is 46.0 Å². The van der Waals surface area contributed by atoms with Gasteiger partial charge in [0.25, 0.3) is 5.91 Å². The van der Waals surface area contributed by atoms with Gasteiger partial charge in [-0.15, -0.1) is 0 Å². The number of nitrogens with zero attached hydrogens (tertiary/aromatic N) is 7. The number of likely N-dealkylation sites (tertiary alicyclic amines) is 1. The van der Waals surface area contributed by atoms with Gasteiger partial charge in [-0.1, -0.05) is 0 Å². The van der Waals surface area contributed by atoms with Crippen molar-refractivity contribution in [1.29, 1.82) is 5.26 Å². The van der Waals surface area contributed by atoms with E-state index in [1.807, 2.05) is 26.8 Å². The molecule has 190 valence electrons. The Kier molecular flexibility index (Phi) is 5.87. The summed E-state index contributed by atoms with van der Waals surface area (Å²) in [6.07, 6.45) is 2.34. The summed E-state index contributed by atoms with van der Waals surface area (Å²) in [5, 5.41) is 16.5. The summed E-state index contributed by atoms with van der Waals surface area (Å²) in [7, 11) is 0. The number of fused-ring (bicyclic) bond motifs is 2. The lowest BCUT2D eigenvalue weighted by Crippen LogP contribution is -2.43. The number of carbonyl (C=O) groups is 2. The van der Waals surface area contributed by atoms with E-state index < -0.39 is 17.6 Å². The largest absolute Gasteiger partial charge is 0.444 e. The van der Waals surface area contributed by atoms with Crippen molar-refractivity contribution in [3.05, 3.63) is 35.8 Å². The second-order valence-electron chi connectivity index (χ2n) is 9.74. The van der Waals surface area contributed by atoms with E-state index in [0.29, 0.717) is 41.8 Å². The molecule has 4 heterocycles. The van der Waals surface area contributed by atoms with E-state index in [-0.39, 0.29) is 29.0 Å². The van der Waals surface area contributed by atoms with Crippen LogP contribution in [-0.2, 0) is 4.74 Å². The highest BCUT2D eigenvalue weighted by atomic mass is 16.6. The van der Waals surface area contributed by atoms with Crippen LogP contribution in [0.15, 0.2) is 28.9 Å². The number of hydrogen-bond acceptors (Lipinski definition) is 10. The van der Waals surface area contributed by atoms with Gasteiger partial charge in [0, 0.05) is 13.1 Å². The van der Waals surface area contributed by atoms with Gasteiger partial charge in [-0.2, -0.15) is 15.3 Å². The number of anilines is 2. The monoisotopic (exact) mass is 503 g/mol. The number of rotatable bonds is 3. The van der Waals surface area contributed by atoms with E-state index in [9.17, 15) is 9.59 Å². The fraction of sp³-hybridized carbons (Fsp3) is 0.375. The smallest absolute Gasteiger partial charge is 0.410 e. The van der Waals surface area contributed by atoms with Gasteiger partial charge in [0.2, 0.25) is 0 Å². The number of nitrogens with one attached hydrogen (secondary N) is 1. The normalized spacial score (nSPS) is 16.1. The molecule has 1 unspecified atom stereocenters. The van der Waals surface area contributed by atoms with Crippen molar-refractivity contribution in [2.45, 2.75) is 45.3 Å². The van der Waals surface area contributed by atoms with Crippen LogP contribution in [0.25, 0.3) is 22.1 Å². The Labute approximate surface area is 211 Å². The predicted octanol–water partition coefficient (Wildman–Crippen LogP) is 3.25. The summed E-state index contributed by atoms with van der Waals surface area (Å²) in [4.78, 5) is 40.2. The molecular formula is C24H25N9O4. The molecule has 3 aromatic heterocycles. The van der Waals surface area contributed by atoms with Gasteiger partial charge in [-0.3, -0.25) is 10.1 Å². The number of ether oxygens (including phenoxy) is 1. The second kappa shape index (κ2) is 9.05. The van der Waals surface area contributed by atoms with Crippen LogP contribution in [0.2, 0.25) is 0 Å². The third-order valence-corrected chi connectivity index (χ3v) is 5.86. The Morgan fingerprint density at radius 3 is 2.86 bits per heavy atom. The van der Waals surface area contributed by atoms with Crippen molar-refractivity contribution in [2.24, 2.45) is 0 Å². The Morgan fingerprint density at radius 1 is 1.30 bits per heavy atom. The molecule has 0 radical (unpaired) electrons. The Morgan fingerprint density at radius 2 is 2.11 bits per heavy atom. The number of nitrogen functional groups attached to an aromatic ring is 1. The number of nitrogens with two attached hydrogens (primary N) is 1. The first kappa shape index (κ1) is 24.0. The van der Waals surface area contributed by atoms with Crippen molar-refractivity contribution in [1.82, 2.24) is 29.6 Å². The maximum absolute atomic E-state index is 13.3. The van der Waals surface area contributed by atoms with E-state index in [1.54, 1.807) is 27.8 Å². The lowest BCUT2D eigenvalue weighted by Gasteiger charge is -2.34. The summed E-state index contributed by atoms with van der Waals surface area (Å²) in [5.74, 6) is -0.519. The molecule has 1 saturated heterocycles. The van der Waals surface area contributed by atoms with Crippen molar-refractivity contribution in [3.63, 3.8) is 0 Å². The molecule has 37 heavy (non-hydrogen) atoms. The standard InChI is InChI=1S/C24H25N9O4/c1-24(2,3)37-23(35)32-8-4-5-14(11-32)33-20-17(19(26)27-12-28-20)18(31-33)21(34)30-22-29-15-9-13(10-25)6-7-16(15)36-22/h6-7,9,12,14H,4-5,8,11H2,1-3H3,(H2,26,27,28)(H,29,30,34). The second-order valence-corrected chi connectivity index (χ2v) is 9.74. The lowest BCUT2D eigenvalue weighted by atomic mass is 10.1. The van der Waals surface area contributed by atoms with Crippen molar-refractivity contribution in [3.8, 4) is 6.07 Å². The van der Waals surface area contributed by atoms with Gasteiger partial charge in [-0.05, 0) is 51.8 Å². The molecule has 4 aromatic rings. The number of piperidine rings is 1. The zero-order valence-corrected chi connectivity index (χ0v) is 20.6. The van der Waals surface area contributed by atoms with E-state index in [2.05, 4.69) is 25.4 Å². The zero-order valence-electron chi connectivity index (χ0n) is 20.6. The van der Waals surface area contributed by atoms with E-state index >= 15 is 0 Å². The SMILES string of the molecule is CC(C)(C)OC(=O)N1CCCC(n2nc(C(=O)Nc3nc4cc(C#N)ccc4o3)c3c(N)ncnc32)C1. The number of benzene rings is 1. The highest BCUT2D eigenvalue weighted by molar-refractivity contribution is 6.12. The van der Waals surface area contributed by atoms with Crippen LogP contribution in [0, 0.1) is 11.3 Å². The molecule has 1 atom stereocenters. The van der Waals surface area contributed by atoms with Crippen molar-refractivity contribution in [2.75, 3.05) is 24.1 Å². The summed E-state index contributed by atoms with van der Waals surface area (Å²) >= 11 is 0. The molecule has 2 amide bonds. The van der Waals surface area contributed by atoms with Gasteiger partial charge < -0.3 is 19.8 Å². The average molecular weight is 504 g/mol. The molecule has 1 aromatic carbocycles. The molecule has 3 N–H and O–H groups in total. The van der Waals surface area contributed by atoms with Crippen LogP contribution in [0.4, 0.5) is 16.6 Å². The molecule has 1 fully saturated rings. The van der Waals surface area contributed by atoms with Crippen LogP contribution >= 0.6 is 0 Å². The summed E-state index contributed by atoms with van der Waals surface area (Å²) in [5.41, 5.74) is 7.16. The first-order valence-electron chi connectivity index (χ1n) is 11.7. The number of amides is 2. The highest BCUT2D eigenvalue weighted by Crippen LogP contribution is 2.30. The first-order valence-corrected chi connectivity index (χ1v) is 11.7. The van der Waals surface area contributed by atoms with Gasteiger partial charge in [0.05, 0.1) is 23.1 Å². The summed E-state index contributed by atoms with van der Waals surface area (Å²) < 4.78 is 12.7. The highest BCUT2D eigenvalue weighted by Gasteiger charge is 2.32. The third kappa shape index (κ3) is 4.73. The fourth-order valence-electron chi connectivity index (χ4n) is 4.26. The fourth-order valence-corrected chi connectivity index (χ4v) is 4.26. The van der Waals surface area contributed by atoms with Gasteiger partial charge in [0.1, 0.15) is 23.3 Å². The molecule has 0 aliphatic carbocycles. The molecule has 0 spiro atoms. The Hall–Kier alpha value is -4.73. The van der Waals surface area contributed by atoms with Crippen molar-refractivity contribution < 1.29 is 18.7 Å². The molecule has 0 saturated carbocycles. The van der Waals surface area contributed by atoms with E-state index in [1.165, 1.54) is 6.33 Å². The van der Waals surface area contributed by atoms with Gasteiger partial charge in [0.15, 0.2) is 16.9 Å². The lowest BCUT2D eigenvalue weighted by molar-refractivity contribution is 0.0168. The number of nitriles is 1. The zero-order chi connectivity index (χ0) is 26.3. The topological polar surface area (TPSA) is 178 Å². The minimum atomic E-state index is -0.615. The molecule has 13 nitrogen and oxygen atoms in total. The predicted molar refractivity (Wildman–Crippen MR) is 132 cm³/mol. The first-order chi connectivity index (χ1) is 17.6. The Bertz CT molecular complexity index is 1560. The molecule has 5 rings (SSSR count). The van der Waals surface area contributed by atoms with Gasteiger partial charge >= 0.3 is 12.1 Å². The number of aromatic nitrogens is 5. The van der Waals surface area contributed by atoms with Gasteiger partial charge in [-0.25, -0.2) is 19.4 Å². The molecule has 1 aliphatic heterocycles. The number of hydrogen-bond donors (Lipinski definition) is 2. The average Bonchev–Trinajstić information content (AvgIpc) is 3.44. The third-order valence-electron chi connectivity index (χ3n) is 5.86. The molecule has 1 aliphatic rings. The molecular weight excluding hydrogens is 478 g/mol. The van der Waals surface area contributed by atoms with Crippen LogP contribution in [-0.4, -0.2) is 60.3 Å². The maximum atomic E-state index is 13.3. The molecule has 0 bridgehead atoms. The summed E-state index contributed by atoms with van der Waals surface area (Å²) in [6, 6.07) is 6.48. The Balaban J connectivity index is 1.45. The van der Waals surface area contributed by atoms with Crippen LogP contribution in [0.3, 0.4) is 0 Å². The quantitative estimate of drug-likeness (QED) is 0.421. The van der Waals surface area contributed by atoms with E-state index in [4.69, 9.17) is 20.1 Å². The van der Waals surface area contributed by atoms with Crippen LogP contribution < -0.4 is 11.1 Å². The van der Waals surface area contributed by atoms with Crippen LogP contribution in [0.5, 0.6) is 0 Å². The maximum Gasteiger partial charge on any atom is 0.410 e. The minimum absolute atomic E-state index is 0.00228. The number of carbonyl (C=O) groups excluding carboxylic acids is 2.